The minimum Gasteiger partial charge on any atom is -0.497 e. The molecule has 0 spiro atoms. The van der Waals surface area contributed by atoms with Gasteiger partial charge in [-0.05, 0) is 6.07 Å². The van der Waals surface area contributed by atoms with Gasteiger partial charge in [0.15, 0.2) is 0 Å². The Kier molecular flexibility index (Phi) is 5.48. The van der Waals surface area contributed by atoms with Gasteiger partial charge in [0, 0.05) is 35.0 Å². The van der Waals surface area contributed by atoms with E-state index in [2.05, 4.69) is 15.7 Å². The van der Waals surface area contributed by atoms with Crippen LogP contribution in [0.1, 0.15) is 12.5 Å². The van der Waals surface area contributed by atoms with Gasteiger partial charge in [-0.2, -0.15) is 5.10 Å². The van der Waals surface area contributed by atoms with Crippen LogP contribution in [0.4, 0.5) is 11.5 Å². The monoisotopic (exact) mass is 422 g/mol. The van der Waals surface area contributed by atoms with Crippen molar-refractivity contribution in [2.75, 3.05) is 32.0 Å². The molecule has 0 fully saturated rings. The van der Waals surface area contributed by atoms with Gasteiger partial charge in [-0.25, -0.2) is 4.68 Å². The summed E-state index contributed by atoms with van der Waals surface area (Å²) in [4.78, 5) is 25.5. The molecule has 2 heterocycles. The van der Waals surface area contributed by atoms with Crippen molar-refractivity contribution < 1.29 is 23.8 Å². The van der Waals surface area contributed by atoms with Gasteiger partial charge in [0.25, 0.3) is 0 Å². The zero-order valence-electron chi connectivity index (χ0n) is 17.3. The molecule has 0 saturated heterocycles. The number of hydrogen-bond acceptors (Lipinski definition) is 6. The SMILES string of the molecule is COc1cc(NC(=O)[C@@H]2CC(=O)Nc3c(-c4ccccc4OC)cnn32)cc(OC)c1. The molecular weight excluding hydrogens is 400 g/mol. The Balaban J connectivity index is 1.67. The van der Waals surface area contributed by atoms with Crippen LogP contribution in [0.2, 0.25) is 0 Å². The second kappa shape index (κ2) is 8.39. The topological polar surface area (TPSA) is 104 Å². The lowest BCUT2D eigenvalue weighted by Crippen LogP contribution is -2.35. The summed E-state index contributed by atoms with van der Waals surface area (Å²) in [6.07, 6.45) is 1.58. The molecule has 0 saturated carbocycles. The number of ether oxygens (including phenoxy) is 3. The predicted molar refractivity (Wildman–Crippen MR) is 115 cm³/mol. The van der Waals surface area contributed by atoms with E-state index in [-0.39, 0.29) is 18.2 Å². The molecule has 1 aliphatic rings. The number of para-hydroxylation sites is 1. The van der Waals surface area contributed by atoms with Crippen molar-refractivity contribution in [2.45, 2.75) is 12.5 Å². The van der Waals surface area contributed by atoms with Crippen LogP contribution in [0, 0.1) is 0 Å². The molecule has 0 unspecified atom stereocenters. The summed E-state index contributed by atoms with van der Waals surface area (Å²) in [7, 11) is 4.63. The Morgan fingerprint density at radius 3 is 2.45 bits per heavy atom. The van der Waals surface area contributed by atoms with E-state index < -0.39 is 6.04 Å². The van der Waals surface area contributed by atoms with Crippen molar-refractivity contribution in [3.05, 3.63) is 48.7 Å². The Morgan fingerprint density at radius 1 is 1.06 bits per heavy atom. The molecule has 4 rings (SSSR count). The van der Waals surface area contributed by atoms with Crippen molar-refractivity contribution in [3.63, 3.8) is 0 Å². The number of anilines is 2. The van der Waals surface area contributed by atoms with E-state index >= 15 is 0 Å². The van der Waals surface area contributed by atoms with E-state index in [0.717, 1.165) is 5.56 Å². The van der Waals surface area contributed by atoms with E-state index in [1.165, 1.54) is 18.9 Å². The maximum absolute atomic E-state index is 13.1. The molecule has 31 heavy (non-hydrogen) atoms. The van der Waals surface area contributed by atoms with Crippen molar-refractivity contribution in [3.8, 4) is 28.4 Å². The third-order valence-corrected chi connectivity index (χ3v) is 5.05. The first-order valence-corrected chi connectivity index (χ1v) is 9.58. The van der Waals surface area contributed by atoms with Gasteiger partial charge >= 0.3 is 0 Å². The lowest BCUT2D eigenvalue weighted by molar-refractivity contribution is -0.125. The maximum Gasteiger partial charge on any atom is 0.249 e. The number of nitrogens with zero attached hydrogens (tertiary/aromatic N) is 2. The number of methoxy groups -OCH3 is 3. The van der Waals surface area contributed by atoms with E-state index in [1.54, 1.807) is 31.5 Å². The third kappa shape index (κ3) is 3.89. The van der Waals surface area contributed by atoms with Crippen LogP contribution in [0.15, 0.2) is 48.7 Å². The van der Waals surface area contributed by atoms with Crippen molar-refractivity contribution >= 4 is 23.3 Å². The first-order valence-electron chi connectivity index (χ1n) is 9.58. The highest BCUT2D eigenvalue weighted by molar-refractivity contribution is 6.03. The van der Waals surface area contributed by atoms with Crippen LogP contribution < -0.4 is 24.8 Å². The van der Waals surface area contributed by atoms with Crippen LogP contribution in [-0.2, 0) is 9.59 Å². The van der Waals surface area contributed by atoms with Crippen LogP contribution in [-0.4, -0.2) is 42.9 Å². The number of fused-ring (bicyclic) bond motifs is 1. The average Bonchev–Trinajstić information content (AvgIpc) is 3.21. The van der Waals surface area contributed by atoms with Gasteiger partial charge in [-0.1, -0.05) is 18.2 Å². The summed E-state index contributed by atoms with van der Waals surface area (Å²) < 4.78 is 17.4. The molecule has 1 atom stereocenters. The van der Waals surface area contributed by atoms with Crippen LogP contribution >= 0.6 is 0 Å². The van der Waals surface area contributed by atoms with Crippen LogP contribution in [0.3, 0.4) is 0 Å². The third-order valence-electron chi connectivity index (χ3n) is 5.05. The largest absolute Gasteiger partial charge is 0.497 e. The fourth-order valence-electron chi connectivity index (χ4n) is 3.54. The van der Waals surface area contributed by atoms with Crippen molar-refractivity contribution in [1.82, 2.24) is 9.78 Å². The molecule has 1 aliphatic heterocycles. The van der Waals surface area contributed by atoms with E-state index in [1.807, 2.05) is 24.3 Å². The standard InChI is InChI=1S/C22H22N4O5/c1-29-14-8-13(9-15(10-14)30-2)24-22(28)18-11-20(27)25-21-17(12-23-26(18)21)16-6-4-5-7-19(16)31-3/h4-10,12,18H,11H2,1-3H3,(H,24,28)(H,25,27)/t18-/m0/s1. The summed E-state index contributed by atoms with van der Waals surface area (Å²) >= 11 is 0. The first kappa shape index (κ1) is 20.3. The Hall–Kier alpha value is -4.01. The lowest BCUT2D eigenvalue weighted by Gasteiger charge is -2.25. The molecule has 0 aliphatic carbocycles. The summed E-state index contributed by atoms with van der Waals surface area (Å²) in [5, 5.41) is 10.0. The fraction of sp³-hybridized carbons (Fsp3) is 0.227. The van der Waals surface area contributed by atoms with Crippen molar-refractivity contribution in [2.24, 2.45) is 0 Å². The van der Waals surface area contributed by atoms with Gasteiger partial charge in [0.05, 0.1) is 33.9 Å². The van der Waals surface area contributed by atoms with Gasteiger partial charge < -0.3 is 24.8 Å². The first-order chi connectivity index (χ1) is 15.0. The summed E-state index contributed by atoms with van der Waals surface area (Å²) in [6, 6.07) is 11.7. The molecule has 2 N–H and O–H groups in total. The molecule has 1 aromatic heterocycles. The minimum absolute atomic E-state index is 0.0347. The highest BCUT2D eigenvalue weighted by Gasteiger charge is 2.33. The Bertz CT molecular complexity index is 1120. The number of carbonyl (C=O) groups is 2. The smallest absolute Gasteiger partial charge is 0.249 e. The predicted octanol–water partition coefficient (Wildman–Crippen LogP) is 3.10. The number of benzene rings is 2. The quantitative estimate of drug-likeness (QED) is 0.633. The number of aromatic nitrogens is 2. The zero-order valence-corrected chi connectivity index (χ0v) is 17.3. The summed E-state index contributed by atoms with van der Waals surface area (Å²) in [6.45, 7) is 0. The second-order valence-electron chi connectivity index (χ2n) is 6.91. The molecular formula is C22H22N4O5. The molecule has 160 valence electrons. The fourth-order valence-corrected chi connectivity index (χ4v) is 3.54. The van der Waals surface area contributed by atoms with Crippen LogP contribution in [0.25, 0.3) is 11.1 Å². The molecule has 9 nitrogen and oxygen atoms in total. The van der Waals surface area contributed by atoms with E-state index in [4.69, 9.17) is 14.2 Å². The number of amides is 2. The summed E-state index contributed by atoms with van der Waals surface area (Å²) in [5.41, 5.74) is 1.93. The Morgan fingerprint density at radius 2 is 1.77 bits per heavy atom. The van der Waals surface area contributed by atoms with Gasteiger partial charge in [-0.15, -0.1) is 0 Å². The number of carbonyl (C=O) groups excluding carboxylic acids is 2. The number of hydrogen-bond donors (Lipinski definition) is 2. The number of nitrogens with one attached hydrogen (secondary N) is 2. The normalized spacial score (nSPS) is 14.9. The average molecular weight is 422 g/mol. The maximum atomic E-state index is 13.1. The van der Waals surface area contributed by atoms with Crippen molar-refractivity contribution in [1.29, 1.82) is 0 Å². The molecule has 3 aromatic rings. The van der Waals surface area contributed by atoms with E-state index in [0.29, 0.717) is 34.3 Å². The molecule has 9 heteroatoms. The molecule has 0 radical (unpaired) electrons. The Labute approximate surface area is 178 Å². The minimum atomic E-state index is -0.815. The number of rotatable bonds is 6. The second-order valence-corrected chi connectivity index (χ2v) is 6.91. The molecule has 2 amide bonds. The van der Waals surface area contributed by atoms with E-state index in [9.17, 15) is 9.59 Å². The van der Waals surface area contributed by atoms with Crippen LogP contribution in [0.5, 0.6) is 17.2 Å². The molecule has 2 aromatic carbocycles. The lowest BCUT2D eigenvalue weighted by atomic mass is 10.1. The van der Waals surface area contributed by atoms with Gasteiger partial charge in [0.2, 0.25) is 11.8 Å². The zero-order chi connectivity index (χ0) is 22.0. The molecule has 0 bridgehead atoms. The van der Waals surface area contributed by atoms with Gasteiger partial charge in [-0.3, -0.25) is 9.59 Å². The van der Waals surface area contributed by atoms with Gasteiger partial charge in [0.1, 0.15) is 29.1 Å². The highest BCUT2D eigenvalue weighted by atomic mass is 16.5. The summed E-state index contributed by atoms with van der Waals surface area (Å²) in [5.74, 6) is 1.52. The highest BCUT2D eigenvalue weighted by Crippen LogP contribution is 2.38.